The zero-order valence-electron chi connectivity index (χ0n) is 13.7. The molecule has 5 nitrogen and oxygen atoms in total. The molecule has 0 aliphatic heterocycles. The number of carbonyl (C=O) groups excluding carboxylic acids is 2. The van der Waals surface area contributed by atoms with Crippen LogP contribution in [0.15, 0.2) is 24.3 Å². The van der Waals surface area contributed by atoms with Gasteiger partial charge in [0.25, 0.3) is 0 Å². The zero-order chi connectivity index (χ0) is 16.5. The van der Waals surface area contributed by atoms with E-state index in [9.17, 15) is 9.59 Å². The summed E-state index contributed by atoms with van der Waals surface area (Å²) in [6.07, 6.45) is 0.860. The van der Waals surface area contributed by atoms with Gasteiger partial charge in [-0.2, -0.15) is 0 Å². The zero-order valence-corrected chi connectivity index (χ0v) is 15.3. The van der Waals surface area contributed by atoms with Gasteiger partial charge in [0.2, 0.25) is 5.91 Å². The fourth-order valence-electron chi connectivity index (χ4n) is 1.79. The van der Waals surface area contributed by atoms with Gasteiger partial charge >= 0.3 is 5.97 Å². The van der Waals surface area contributed by atoms with Gasteiger partial charge in [-0.1, -0.05) is 32.4 Å². The lowest BCUT2D eigenvalue weighted by molar-refractivity contribution is -0.137. The molecule has 1 rings (SSSR count). The van der Waals surface area contributed by atoms with Gasteiger partial charge in [0, 0.05) is 11.4 Å². The highest BCUT2D eigenvalue weighted by atomic mass is 35.5. The number of esters is 1. The molecule has 1 aromatic rings. The predicted molar refractivity (Wildman–Crippen MR) is 97.9 cm³/mol. The van der Waals surface area contributed by atoms with E-state index in [0.29, 0.717) is 11.5 Å². The number of hydrogen-bond donors (Lipinski definition) is 2. The maximum atomic E-state index is 12.1. The van der Waals surface area contributed by atoms with Crippen molar-refractivity contribution in [1.29, 1.82) is 0 Å². The SMILES string of the molecule is CCC(C)C(N)C(=O)Nc1cccc(CSCC(=O)OC)c1.Cl. The molecule has 0 aliphatic carbocycles. The number of carbonyl (C=O) groups is 2. The molecule has 0 spiro atoms. The molecule has 2 unspecified atom stereocenters. The second-order valence-electron chi connectivity index (χ2n) is 5.17. The second-order valence-corrected chi connectivity index (χ2v) is 6.16. The Hall–Kier alpha value is -1.24. The van der Waals surface area contributed by atoms with Crippen molar-refractivity contribution in [3.8, 4) is 0 Å². The molecule has 0 aromatic heterocycles. The highest BCUT2D eigenvalue weighted by molar-refractivity contribution is 7.99. The first-order valence-electron chi connectivity index (χ1n) is 7.27. The Labute approximate surface area is 148 Å². The molecule has 0 aliphatic rings. The average Bonchev–Trinajstić information content (AvgIpc) is 2.53. The molecule has 3 N–H and O–H groups in total. The van der Waals surface area contributed by atoms with Crippen molar-refractivity contribution in [3.63, 3.8) is 0 Å². The third kappa shape index (κ3) is 7.72. The van der Waals surface area contributed by atoms with E-state index in [-0.39, 0.29) is 30.2 Å². The van der Waals surface area contributed by atoms with E-state index in [1.54, 1.807) is 0 Å². The fourth-order valence-corrected chi connectivity index (χ4v) is 2.59. The molecular formula is C16H25ClN2O3S. The molecule has 1 aromatic carbocycles. The normalized spacial score (nSPS) is 12.7. The van der Waals surface area contributed by atoms with Crippen LogP contribution in [0.5, 0.6) is 0 Å². The van der Waals surface area contributed by atoms with Crippen LogP contribution in [-0.2, 0) is 20.1 Å². The van der Waals surface area contributed by atoms with Crippen LogP contribution in [0.1, 0.15) is 25.8 Å². The summed E-state index contributed by atoms with van der Waals surface area (Å²) in [6, 6.07) is 7.04. The van der Waals surface area contributed by atoms with Gasteiger partial charge in [-0.15, -0.1) is 24.2 Å². The Morgan fingerprint density at radius 2 is 2.09 bits per heavy atom. The van der Waals surface area contributed by atoms with E-state index < -0.39 is 6.04 Å². The molecular weight excluding hydrogens is 336 g/mol. The first-order chi connectivity index (χ1) is 10.5. The van der Waals surface area contributed by atoms with Gasteiger partial charge in [-0.25, -0.2) is 0 Å². The van der Waals surface area contributed by atoms with Crippen LogP contribution >= 0.6 is 24.2 Å². The molecule has 0 bridgehead atoms. The summed E-state index contributed by atoms with van der Waals surface area (Å²) >= 11 is 1.47. The number of anilines is 1. The fraction of sp³-hybridized carbons (Fsp3) is 0.500. The topological polar surface area (TPSA) is 81.4 Å². The molecule has 130 valence electrons. The van der Waals surface area contributed by atoms with Crippen LogP contribution in [0.4, 0.5) is 5.69 Å². The molecule has 0 fully saturated rings. The Bertz CT molecular complexity index is 514. The Morgan fingerprint density at radius 3 is 2.70 bits per heavy atom. The van der Waals surface area contributed by atoms with E-state index in [4.69, 9.17) is 5.73 Å². The van der Waals surface area contributed by atoms with Gasteiger partial charge in [0.1, 0.15) is 0 Å². The monoisotopic (exact) mass is 360 g/mol. The number of amides is 1. The van der Waals surface area contributed by atoms with Gasteiger partial charge < -0.3 is 15.8 Å². The van der Waals surface area contributed by atoms with Gasteiger partial charge in [-0.3, -0.25) is 9.59 Å². The number of methoxy groups -OCH3 is 1. The highest BCUT2D eigenvalue weighted by Crippen LogP contribution is 2.17. The van der Waals surface area contributed by atoms with Gasteiger partial charge in [0.15, 0.2) is 0 Å². The molecule has 0 heterocycles. The van der Waals surface area contributed by atoms with E-state index in [1.807, 2.05) is 38.1 Å². The number of thioether (sulfide) groups is 1. The Balaban J connectivity index is 0.00000484. The molecule has 23 heavy (non-hydrogen) atoms. The van der Waals surface area contributed by atoms with Crippen LogP contribution in [0.25, 0.3) is 0 Å². The largest absolute Gasteiger partial charge is 0.468 e. The number of halogens is 1. The standard InChI is InChI=1S/C16H24N2O3S.ClH/c1-4-11(2)15(17)16(20)18-13-7-5-6-12(8-13)9-22-10-14(19)21-3;/h5-8,11,15H,4,9-10,17H2,1-3H3,(H,18,20);1H. The number of benzene rings is 1. The summed E-state index contributed by atoms with van der Waals surface area (Å²) in [4.78, 5) is 23.1. The van der Waals surface area contributed by atoms with E-state index in [1.165, 1.54) is 18.9 Å². The van der Waals surface area contributed by atoms with E-state index in [2.05, 4.69) is 10.1 Å². The quantitative estimate of drug-likeness (QED) is 0.696. The molecule has 0 saturated carbocycles. The third-order valence-electron chi connectivity index (χ3n) is 3.47. The van der Waals surface area contributed by atoms with Crippen molar-refractivity contribution < 1.29 is 14.3 Å². The van der Waals surface area contributed by atoms with E-state index >= 15 is 0 Å². The van der Waals surface area contributed by atoms with E-state index in [0.717, 1.165) is 17.7 Å². The smallest absolute Gasteiger partial charge is 0.315 e. The maximum absolute atomic E-state index is 12.1. The first kappa shape index (κ1) is 21.8. The van der Waals surface area contributed by atoms with Crippen LogP contribution < -0.4 is 11.1 Å². The van der Waals surface area contributed by atoms with Crippen molar-refractivity contribution in [3.05, 3.63) is 29.8 Å². The summed E-state index contributed by atoms with van der Waals surface area (Å²) in [5, 5.41) is 2.84. The molecule has 1 amide bonds. The summed E-state index contributed by atoms with van der Waals surface area (Å²) in [5.41, 5.74) is 7.67. The van der Waals surface area contributed by atoms with Crippen molar-refractivity contribution in [2.45, 2.75) is 32.1 Å². The summed E-state index contributed by atoms with van der Waals surface area (Å²) in [5.74, 6) is 0.712. The molecule has 0 saturated heterocycles. The van der Waals surface area contributed by atoms with Crippen LogP contribution in [-0.4, -0.2) is 30.8 Å². The summed E-state index contributed by atoms with van der Waals surface area (Å²) < 4.78 is 4.59. The lowest BCUT2D eigenvalue weighted by Gasteiger charge is -2.18. The Morgan fingerprint density at radius 1 is 1.39 bits per heavy atom. The summed E-state index contributed by atoms with van der Waals surface area (Å²) in [7, 11) is 1.37. The van der Waals surface area contributed by atoms with Crippen molar-refractivity contribution in [2.24, 2.45) is 11.7 Å². The van der Waals surface area contributed by atoms with Gasteiger partial charge in [-0.05, 0) is 23.6 Å². The highest BCUT2D eigenvalue weighted by Gasteiger charge is 2.19. The second kappa shape index (κ2) is 11.3. The number of hydrogen-bond acceptors (Lipinski definition) is 5. The summed E-state index contributed by atoms with van der Waals surface area (Å²) in [6.45, 7) is 3.97. The van der Waals surface area contributed by atoms with Crippen LogP contribution in [0, 0.1) is 5.92 Å². The molecule has 0 radical (unpaired) electrons. The van der Waals surface area contributed by atoms with Crippen molar-refractivity contribution >= 4 is 41.7 Å². The predicted octanol–water partition coefficient (Wildman–Crippen LogP) is 2.83. The van der Waals surface area contributed by atoms with Crippen molar-refractivity contribution in [1.82, 2.24) is 0 Å². The third-order valence-corrected chi connectivity index (χ3v) is 4.45. The lowest BCUT2D eigenvalue weighted by Crippen LogP contribution is -2.40. The number of rotatable bonds is 8. The molecule has 2 atom stereocenters. The minimum atomic E-state index is -0.512. The molecule has 7 heteroatoms. The minimum absolute atomic E-state index is 0. The number of nitrogens with one attached hydrogen (secondary N) is 1. The number of nitrogens with two attached hydrogens (primary N) is 1. The van der Waals surface area contributed by atoms with Crippen LogP contribution in [0.3, 0.4) is 0 Å². The Kier molecular flexibility index (Phi) is 10.7. The lowest BCUT2D eigenvalue weighted by atomic mass is 9.99. The average molecular weight is 361 g/mol. The number of ether oxygens (including phenoxy) is 1. The maximum Gasteiger partial charge on any atom is 0.315 e. The van der Waals surface area contributed by atoms with Crippen LogP contribution in [0.2, 0.25) is 0 Å². The first-order valence-corrected chi connectivity index (χ1v) is 8.43. The van der Waals surface area contributed by atoms with Crippen molar-refractivity contribution in [2.75, 3.05) is 18.2 Å². The van der Waals surface area contributed by atoms with Gasteiger partial charge in [0.05, 0.1) is 18.9 Å². The minimum Gasteiger partial charge on any atom is -0.468 e.